The van der Waals surface area contributed by atoms with Crippen molar-refractivity contribution < 1.29 is 9.47 Å². The van der Waals surface area contributed by atoms with Gasteiger partial charge < -0.3 is 9.47 Å². The number of nitrogens with zero attached hydrogens (tertiary/aromatic N) is 2. The van der Waals surface area contributed by atoms with E-state index < -0.39 is 0 Å². The monoisotopic (exact) mass is 230 g/mol. The molecule has 0 unspecified atom stereocenters. The Morgan fingerprint density at radius 2 is 2.00 bits per heavy atom. The lowest BCUT2D eigenvalue weighted by atomic mass is 10.2. The second-order valence-electron chi connectivity index (χ2n) is 4.38. The van der Waals surface area contributed by atoms with Gasteiger partial charge >= 0.3 is 0 Å². The van der Waals surface area contributed by atoms with Gasteiger partial charge in [0, 0.05) is 52.5 Å². The first-order valence-electron chi connectivity index (χ1n) is 6.31. The summed E-state index contributed by atoms with van der Waals surface area (Å²) in [7, 11) is 1.77. The fraction of sp³-hybridized carbons (Fsp3) is 1.00. The van der Waals surface area contributed by atoms with Crippen LogP contribution in [0, 0.1) is 0 Å². The van der Waals surface area contributed by atoms with E-state index in [9.17, 15) is 0 Å². The van der Waals surface area contributed by atoms with Gasteiger partial charge in [-0.25, -0.2) is 0 Å². The molecule has 0 aromatic rings. The van der Waals surface area contributed by atoms with Gasteiger partial charge in [-0.05, 0) is 13.8 Å². The molecule has 1 rings (SSSR count). The van der Waals surface area contributed by atoms with Crippen molar-refractivity contribution in [2.75, 3.05) is 59.7 Å². The highest BCUT2D eigenvalue weighted by Crippen LogP contribution is 2.08. The van der Waals surface area contributed by atoms with Crippen molar-refractivity contribution in [3.8, 4) is 0 Å². The number of hydrogen-bond acceptors (Lipinski definition) is 4. The second kappa shape index (κ2) is 8.01. The van der Waals surface area contributed by atoms with Gasteiger partial charge in [0.1, 0.15) is 0 Å². The smallest absolute Gasteiger partial charge is 0.0593 e. The first-order valence-corrected chi connectivity index (χ1v) is 6.31. The minimum atomic E-state index is 0.631. The van der Waals surface area contributed by atoms with Crippen molar-refractivity contribution in [3.05, 3.63) is 0 Å². The molecule has 0 bridgehead atoms. The fourth-order valence-corrected chi connectivity index (χ4v) is 2.15. The Morgan fingerprint density at radius 1 is 1.19 bits per heavy atom. The summed E-state index contributed by atoms with van der Waals surface area (Å²) in [6.07, 6.45) is 0. The van der Waals surface area contributed by atoms with Crippen LogP contribution in [0.1, 0.15) is 13.8 Å². The van der Waals surface area contributed by atoms with E-state index in [0.717, 1.165) is 52.5 Å². The fourth-order valence-electron chi connectivity index (χ4n) is 2.15. The minimum Gasteiger partial charge on any atom is -0.383 e. The maximum absolute atomic E-state index is 5.40. The van der Waals surface area contributed by atoms with E-state index in [1.165, 1.54) is 0 Å². The zero-order valence-corrected chi connectivity index (χ0v) is 10.9. The van der Waals surface area contributed by atoms with Gasteiger partial charge in [0.25, 0.3) is 0 Å². The summed E-state index contributed by atoms with van der Waals surface area (Å²) < 4.78 is 10.5. The van der Waals surface area contributed by atoms with E-state index in [1.54, 1.807) is 7.11 Å². The molecule has 0 amide bonds. The molecule has 0 aromatic carbocycles. The molecule has 16 heavy (non-hydrogen) atoms. The highest BCUT2D eigenvalue weighted by atomic mass is 16.5. The molecule has 0 aromatic heterocycles. The molecule has 4 heteroatoms. The minimum absolute atomic E-state index is 0.631. The molecule has 0 radical (unpaired) electrons. The van der Waals surface area contributed by atoms with Crippen LogP contribution in [0.4, 0.5) is 0 Å². The molecular formula is C12H26N2O2. The summed E-state index contributed by atoms with van der Waals surface area (Å²) in [5, 5.41) is 0. The van der Waals surface area contributed by atoms with Gasteiger partial charge in [-0.2, -0.15) is 0 Å². The van der Waals surface area contributed by atoms with Gasteiger partial charge in [-0.1, -0.05) is 0 Å². The van der Waals surface area contributed by atoms with Crippen molar-refractivity contribution in [3.63, 3.8) is 0 Å². The van der Waals surface area contributed by atoms with Crippen LogP contribution in [0.2, 0.25) is 0 Å². The number of hydrogen-bond donors (Lipinski definition) is 0. The first kappa shape index (κ1) is 13.9. The van der Waals surface area contributed by atoms with Gasteiger partial charge in [-0.15, -0.1) is 0 Å². The molecule has 1 atom stereocenters. The van der Waals surface area contributed by atoms with E-state index in [4.69, 9.17) is 9.47 Å². The van der Waals surface area contributed by atoms with Crippen LogP contribution in [0.3, 0.4) is 0 Å². The number of piperazine rings is 1. The number of ether oxygens (including phenoxy) is 2. The highest BCUT2D eigenvalue weighted by Gasteiger charge is 2.22. The maximum atomic E-state index is 5.40. The molecule has 0 aliphatic carbocycles. The lowest BCUT2D eigenvalue weighted by molar-refractivity contribution is 0.0393. The summed E-state index contributed by atoms with van der Waals surface area (Å²) in [6, 6.07) is 0.631. The first-order chi connectivity index (χ1) is 7.77. The van der Waals surface area contributed by atoms with Crippen molar-refractivity contribution in [1.82, 2.24) is 9.80 Å². The number of methoxy groups -OCH3 is 1. The predicted molar refractivity (Wildman–Crippen MR) is 65.8 cm³/mol. The Balaban J connectivity index is 2.18. The Labute approximate surface area is 99.5 Å². The third-order valence-electron chi connectivity index (χ3n) is 3.19. The van der Waals surface area contributed by atoms with E-state index >= 15 is 0 Å². The molecule has 0 N–H and O–H groups in total. The quantitative estimate of drug-likeness (QED) is 0.600. The molecule has 1 aliphatic rings. The zero-order chi connectivity index (χ0) is 11.8. The third kappa shape index (κ3) is 4.78. The second-order valence-corrected chi connectivity index (χ2v) is 4.38. The topological polar surface area (TPSA) is 24.9 Å². The Hall–Kier alpha value is -0.160. The van der Waals surface area contributed by atoms with Crippen LogP contribution in [-0.2, 0) is 9.47 Å². The van der Waals surface area contributed by atoms with Gasteiger partial charge in [-0.3, -0.25) is 9.80 Å². The van der Waals surface area contributed by atoms with Crippen LogP contribution in [0.15, 0.2) is 0 Å². The van der Waals surface area contributed by atoms with Crippen molar-refractivity contribution >= 4 is 0 Å². The molecule has 4 nitrogen and oxygen atoms in total. The normalized spacial score (nSPS) is 23.8. The lowest BCUT2D eigenvalue weighted by Gasteiger charge is -2.39. The lowest BCUT2D eigenvalue weighted by Crippen LogP contribution is -2.53. The van der Waals surface area contributed by atoms with Gasteiger partial charge in [0.2, 0.25) is 0 Å². The van der Waals surface area contributed by atoms with Crippen LogP contribution in [0.5, 0.6) is 0 Å². The molecule has 1 fully saturated rings. The van der Waals surface area contributed by atoms with E-state index in [0.29, 0.717) is 6.04 Å². The van der Waals surface area contributed by atoms with Crippen molar-refractivity contribution in [2.45, 2.75) is 19.9 Å². The average Bonchev–Trinajstić information content (AvgIpc) is 2.29. The van der Waals surface area contributed by atoms with Crippen LogP contribution >= 0.6 is 0 Å². The Kier molecular flexibility index (Phi) is 6.96. The van der Waals surface area contributed by atoms with Crippen LogP contribution in [0.25, 0.3) is 0 Å². The molecule has 96 valence electrons. The van der Waals surface area contributed by atoms with Crippen LogP contribution in [-0.4, -0.2) is 75.5 Å². The summed E-state index contributed by atoms with van der Waals surface area (Å²) >= 11 is 0. The number of rotatable bonds is 7. The molecule has 1 aliphatic heterocycles. The largest absolute Gasteiger partial charge is 0.383 e. The molecule has 1 heterocycles. The molecular weight excluding hydrogens is 204 g/mol. The highest BCUT2D eigenvalue weighted by molar-refractivity contribution is 4.78. The average molecular weight is 230 g/mol. The van der Waals surface area contributed by atoms with E-state index in [2.05, 4.69) is 16.7 Å². The summed E-state index contributed by atoms with van der Waals surface area (Å²) in [5.41, 5.74) is 0. The predicted octanol–water partition coefficient (Wildman–Crippen LogP) is 0.675. The Bertz CT molecular complexity index is 178. The SMILES string of the molecule is CCOCCN1CCN(CCOC)C[C@H]1C. The summed E-state index contributed by atoms with van der Waals surface area (Å²) in [6.45, 7) is 12.4. The third-order valence-corrected chi connectivity index (χ3v) is 3.19. The maximum Gasteiger partial charge on any atom is 0.0593 e. The van der Waals surface area contributed by atoms with Crippen molar-refractivity contribution in [2.24, 2.45) is 0 Å². The van der Waals surface area contributed by atoms with Crippen molar-refractivity contribution in [1.29, 1.82) is 0 Å². The standard InChI is InChI=1S/C12H26N2O2/c1-4-16-10-8-14-6-5-13(7-9-15-3)11-12(14)2/h12H,4-11H2,1-3H3/t12-/m1/s1. The zero-order valence-electron chi connectivity index (χ0n) is 10.9. The molecule has 0 spiro atoms. The van der Waals surface area contributed by atoms with Gasteiger partial charge in [0.15, 0.2) is 0 Å². The molecule has 1 saturated heterocycles. The summed E-state index contributed by atoms with van der Waals surface area (Å²) in [5.74, 6) is 0. The molecule has 0 saturated carbocycles. The van der Waals surface area contributed by atoms with Crippen LogP contribution < -0.4 is 0 Å². The Morgan fingerprint density at radius 3 is 2.62 bits per heavy atom. The van der Waals surface area contributed by atoms with E-state index in [1.807, 2.05) is 6.92 Å². The van der Waals surface area contributed by atoms with E-state index in [-0.39, 0.29) is 0 Å². The summed E-state index contributed by atoms with van der Waals surface area (Å²) in [4.78, 5) is 4.99. The van der Waals surface area contributed by atoms with Gasteiger partial charge in [0.05, 0.1) is 13.2 Å².